The zero-order valence-corrected chi connectivity index (χ0v) is 16.9. The van der Waals surface area contributed by atoms with Gasteiger partial charge in [-0.25, -0.2) is 9.48 Å². The Hall–Kier alpha value is -4.13. The van der Waals surface area contributed by atoms with Crippen molar-refractivity contribution in [3.63, 3.8) is 0 Å². The van der Waals surface area contributed by atoms with E-state index in [2.05, 4.69) is 10.4 Å². The van der Waals surface area contributed by atoms with E-state index in [1.807, 2.05) is 73.7 Å². The van der Waals surface area contributed by atoms with Crippen LogP contribution in [0.15, 0.2) is 78.9 Å². The fourth-order valence-electron chi connectivity index (χ4n) is 3.12. The second kappa shape index (κ2) is 9.13. The summed E-state index contributed by atoms with van der Waals surface area (Å²) >= 11 is 0. The molecule has 3 aromatic carbocycles. The quantitative estimate of drug-likeness (QED) is 0.463. The van der Waals surface area contributed by atoms with E-state index in [-0.39, 0.29) is 6.61 Å². The average Bonchev–Trinajstić information content (AvgIpc) is 3.16. The molecule has 31 heavy (non-hydrogen) atoms. The highest BCUT2D eigenvalue weighted by Crippen LogP contribution is 2.20. The van der Waals surface area contributed by atoms with Gasteiger partial charge in [0.25, 0.3) is 5.91 Å². The van der Waals surface area contributed by atoms with Gasteiger partial charge in [0.1, 0.15) is 11.6 Å². The Balaban J connectivity index is 1.29. The van der Waals surface area contributed by atoms with Crippen LogP contribution in [0, 0.1) is 6.92 Å². The number of hydrogen-bond acceptors (Lipinski definition) is 5. The van der Waals surface area contributed by atoms with Crippen molar-refractivity contribution < 1.29 is 19.1 Å². The maximum absolute atomic E-state index is 12.3. The molecule has 156 valence electrons. The van der Waals surface area contributed by atoms with Crippen LogP contribution in [-0.2, 0) is 14.3 Å². The van der Waals surface area contributed by atoms with Gasteiger partial charge in [-0.15, -0.1) is 0 Å². The van der Waals surface area contributed by atoms with Crippen LogP contribution in [0.3, 0.4) is 0 Å². The third-order valence-corrected chi connectivity index (χ3v) is 4.54. The predicted molar refractivity (Wildman–Crippen MR) is 117 cm³/mol. The molecule has 0 saturated heterocycles. The third-order valence-electron chi connectivity index (χ3n) is 4.54. The van der Waals surface area contributed by atoms with Crippen molar-refractivity contribution in [3.05, 3.63) is 84.6 Å². The van der Waals surface area contributed by atoms with Gasteiger partial charge in [-0.2, -0.15) is 5.10 Å². The van der Waals surface area contributed by atoms with Crippen LogP contribution in [0.4, 0.5) is 5.82 Å². The van der Waals surface area contributed by atoms with Gasteiger partial charge in [0.15, 0.2) is 13.2 Å². The van der Waals surface area contributed by atoms with Gasteiger partial charge >= 0.3 is 5.97 Å². The Bertz CT molecular complexity index is 1220. The second-order valence-electron chi connectivity index (χ2n) is 6.92. The number of nitrogens with one attached hydrogen (secondary N) is 1. The minimum atomic E-state index is -0.629. The molecule has 0 fully saturated rings. The van der Waals surface area contributed by atoms with Crippen molar-refractivity contribution in [3.8, 4) is 11.4 Å². The summed E-state index contributed by atoms with van der Waals surface area (Å²) in [6, 6.07) is 24.6. The summed E-state index contributed by atoms with van der Waals surface area (Å²) in [5.74, 6) is -0.0355. The minimum Gasteiger partial charge on any atom is -0.482 e. The number of ether oxygens (including phenoxy) is 2. The molecule has 0 saturated carbocycles. The SMILES string of the molecule is Cc1cc(NC(=O)COC(=O)COc2ccc3ccccc3c2)n(-c2ccccc2)n1. The van der Waals surface area contributed by atoms with Gasteiger partial charge in [0.05, 0.1) is 11.4 Å². The maximum Gasteiger partial charge on any atom is 0.344 e. The number of aryl methyl sites for hydroxylation is 1. The molecular weight excluding hydrogens is 394 g/mol. The van der Waals surface area contributed by atoms with Crippen LogP contribution in [0.5, 0.6) is 5.75 Å². The molecule has 1 aromatic heterocycles. The molecule has 1 amide bonds. The smallest absolute Gasteiger partial charge is 0.344 e. The van der Waals surface area contributed by atoms with E-state index in [0.717, 1.165) is 22.2 Å². The molecule has 1 heterocycles. The molecule has 0 atom stereocenters. The lowest BCUT2D eigenvalue weighted by molar-refractivity contribution is -0.149. The number of esters is 1. The first-order chi connectivity index (χ1) is 15.1. The summed E-state index contributed by atoms with van der Waals surface area (Å²) in [7, 11) is 0. The molecule has 0 radical (unpaired) electrons. The van der Waals surface area contributed by atoms with Crippen LogP contribution >= 0.6 is 0 Å². The molecule has 0 spiro atoms. The highest BCUT2D eigenvalue weighted by atomic mass is 16.6. The molecule has 7 nitrogen and oxygen atoms in total. The predicted octanol–water partition coefficient (Wildman–Crippen LogP) is 3.89. The number of amides is 1. The fraction of sp³-hybridized carbons (Fsp3) is 0.125. The molecule has 4 rings (SSSR count). The zero-order valence-electron chi connectivity index (χ0n) is 16.9. The minimum absolute atomic E-state index is 0.285. The molecule has 1 N–H and O–H groups in total. The Morgan fingerprint density at radius 2 is 1.65 bits per heavy atom. The first-order valence-corrected chi connectivity index (χ1v) is 9.78. The van der Waals surface area contributed by atoms with Gasteiger partial charge < -0.3 is 14.8 Å². The van der Waals surface area contributed by atoms with E-state index in [9.17, 15) is 9.59 Å². The fourth-order valence-corrected chi connectivity index (χ4v) is 3.12. The summed E-state index contributed by atoms with van der Waals surface area (Å²) in [6.45, 7) is 1.13. The van der Waals surface area contributed by atoms with E-state index in [1.165, 1.54) is 0 Å². The number of fused-ring (bicyclic) bond motifs is 1. The van der Waals surface area contributed by atoms with Gasteiger partial charge in [-0.3, -0.25) is 4.79 Å². The van der Waals surface area contributed by atoms with Crippen LogP contribution in [0.1, 0.15) is 5.69 Å². The summed E-state index contributed by atoms with van der Waals surface area (Å²) in [5.41, 5.74) is 1.56. The van der Waals surface area contributed by atoms with Gasteiger partial charge in [-0.05, 0) is 42.0 Å². The Labute approximate surface area is 179 Å². The van der Waals surface area contributed by atoms with E-state index in [1.54, 1.807) is 16.8 Å². The summed E-state index contributed by atoms with van der Waals surface area (Å²) in [4.78, 5) is 24.2. The van der Waals surface area contributed by atoms with E-state index in [4.69, 9.17) is 9.47 Å². The molecule has 0 bridgehead atoms. The third kappa shape index (κ3) is 5.08. The molecule has 0 aliphatic carbocycles. The monoisotopic (exact) mass is 415 g/mol. The second-order valence-corrected chi connectivity index (χ2v) is 6.92. The number of anilines is 1. The van der Waals surface area contributed by atoms with Gasteiger partial charge in [-0.1, -0.05) is 48.5 Å². The first-order valence-electron chi connectivity index (χ1n) is 9.78. The highest BCUT2D eigenvalue weighted by Gasteiger charge is 2.13. The van der Waals surface area contributed by atoms with Crippen molar-refractivity contribution in [2.75, 3.05) is 18.5 Å². The number of aromatic nitrogens is 2. The lowest BCUT2D eigenvalue weighted by atomic mass is 10.1. The van der Waals surface area contributed by atoms with Crippen molar-refractivity contribution in [2.45, 2.75) is 6.92 Å². The molecule has 0 unspecified atom stereocenters. The number of hydrogen-bond donors (Lipinski definition) is 1. The van der Waals surface area contributed by atoms with Crippen molar-refractivity contribution in [1.82, 2.24) is 9.78 Å². The molecule has 0 aliphatic rings. The largest absolute Gasteiger partial charge is 0.482 e. The van der Waals surface area contributed by atoms with Crippen molar-refractivity contribution >= 4 is 28.5 Å². The normalized spacial score (nSPS) is 10.6. The van der Waals surface area contributed by atoms with Gasteiger partial charge in [0, 0.05) is 6.07 Å². The zero-order chi connectivity index (χ0) is 21.6. The van der Waals surface area contributed by atoms with Gasteiger partial charge in [0.2, 0.25) is 0 Å². The maximum atomic E-state index is 12.3. The number of benzene rings is 3. The average molecular weight is 415 g/mol. The Kier molecular flexibility index (Phi) is 5.93. The lowest BCUT2D eigenvalue weighted by Gasteiger charge is -2.10. The molecule has 0 aliphatic heterocycles. The van der Waals surface area contributed by atoms with Crippen LogP contribution in [0.2, 0.25) is 0 Å². The summed E-state index contributed by atoms with van der Waals surface area (Å²) in [5, 5.41) is 9.21. The number of carbonyl (C=O) groups is 2. The number of nitrogens with zero attached hydrogens (tertiary/aromatic N) is 2. The van der Waals surface area contributed by atoms with Crippen molar-refractivity contribution in [1.29, 1.82) is 0 Å². The molecule has 7 heteroatoms. The standard InChI is InChI=1S/C24H21N3O4/c1-17-13-22(27(26-17)20-9-3-2-4-10-20)25-23(28)15-31-24(29)16-30-21-12-11-18-7-5-6-8-19(18)14-21/h2-14H,15-16H2,1H3,(H,25,28). The first kappa shape index (κ1) is 20.2. The number of rotatable bonds is 7. The Morgan fingerprint density at radius 1 is 0.903 bits per heavy atom. The molecular formula is C24H21N3O4. The Morgan fingerprint density at radius 3 is 2.45 bits per heavy atom. The van der Waals surface area contributed by atoms with E-state index in [0.29, 0.717) is 11.6 Å². The molecule has 4 aromatic rings. The van der Waals surface area contributed by atoms with Crippen molar-refractivity contribution in [2.24, 2.45) is 0 Å². The van der Waals surface area contributed by atoms with Crippen LogP contribution < -0.4 is 10.1 Å². The summed E-state index contributed by atoms with van der Waals surface area (Å²) < 4.78 is 12.1. The topological polar surface area (TPSA) is 82.5 Å². The number of carbonyl (C=O) groups excluding carboxylic acids is 2. The van der Waals surface area contributed by atoms with Crippen LogP contribution in [-0.4, -0.2) is 34.9 Å². The van der Waals surface area contributed by atoms with E-state index >= 15 is 0 Å². The number of para-hydroxylation sites is 1. The van der Waals surface area contributed by atoms with Crippen LogP contribution in [0.25, 0.3) is 16.5 Å². The van der Waals surface area contributed by atoms with E-state index < -0.39 is 18.5 Å². The lowest BCUT2D eigenvalue weighted by Crippen LogP contribution is -2.24. The highest BCUT2D eigenvalue weighted by molar-refractivity contribution is 5.92. The summed E-state index contributed by atoms with van der Waals surface area (Å²) in [6.07, 6.45) is 0.